The first-order chi connectivity index (χ1) is 6.31. The number of aromatic amines is 1. The van der Waals surface area contributed by atoms with Crippen LogP contribution in [-0.4, -0.2) is 20.4 Å². The van der Waals surface area contributed by atoms with Gasteiger partial charge in [-0.15, -0.1) is 5.10 Å². The summed E-state index contributed by atoms with van der Waals surface area (Å²) in [5.41, 5.74) is 14.7. The number of nitrogens with zero attached hydrogens (tertiary/aromatic N) is 6. The minimum Gasteiger partial charge on any atom is -0.384 e. The molecule has 0 bridgehead atoms. The molecular formula is C5H4N8. The van der Waals surface area contributed by atoms with E-state index in [9.17, 15) is 0 Å². The predicted octanol–water partition coefficient (Wildman–Crippen LogP) is 0.877. The number of H-pyrrole nitrogens is 1. The molecule has 2 aromatic heterocycles. The minimum absolute atomic E-state index is 0.240. The van der Waals surface area contributed by atoms with Crippen molar-refractivity contribution in [3.63, 3.8) is 0 Å². The molecule has 0 radical (unpaired) electrons. The highest BCUT2D eigenvalue weighted by Gasteiger charge is 2.05. The second-order valence-corrected chi connectivity index (χ2v) is 2.25. The highest BCUT2D eigenvalue weighted by atomic mass is 15.3. The lowest BCUT2D eigenvalue weighted by Crippen LogP contribution is -1.89. The molecule has 64 valence electrons. The molecule has 0 unspecified atom stereocenters. The number of nitrogens with two attached hydrogens (primary N) is 1. The third kappa shape index (κ3) is 1.10. The average Bonchev–Trinajstić information content (AvgIpc) is 2.52. The fraction of sp³-hybridized carbons (Fsp3) is 0. The quantitative estimate of drug-likeness (QED) is 0.379. The Labute approximate surface area is 71.4 Å². The Balaban J connectivity index is 2.84. The number of hydrogen-bond donors (Lipinski definition) is 2. The van der Waals surface area contributed by atoms with Crippen LogP contribution >= 0.6 is 0 Å². The number of nitrogens with one attached hydrogen (secondary N) is 1. The Morgan fingerprint density at radius 2 is 2.38 bits per heavy atom. The van der Waals surface area contributed by atoms with Crippen molar-refractivity contribution in [1.29, 1.82) is 0 Å². The van der Waals surface area contributed by atoms with E-state index in [2.05, 4.69) is 30.4 Å². The van der Waals surface area contributed by atoms with E-state index < -0.39 is 0 Å². The maximum absolute atomic E-state index is 8.25. The third-order valence-electron chi connectivity index (χ3n) is 1.44. The summed E-state index contributed by atoms with van der Waals surface area (Å²) in [6.45, 7) is 0. The fourth-order valence-corrected chi connectivity index (χ4v) is 0.962. The number of nitrogen functional groups attached to an aromatic ring is 1. The number of azide groups is 1. The van der Waals surface area contributed by atoms with Gasteiger partial charge in [0.2, 0.25) is 5.65 Å². The SMILES string of the molecule is [N-]=[N+]=Nc1cc(N)nc2n[nH]nc12. The molecule has 0 fully saturated rings. The molecule has 0 aliphatic carbocycles. The summed E-state index contributed by atoms with van der Waals surface area (Å²) in [6, 6.07) is 1.44. The highest BCUT2D eigenvalue weighted by molar-refractivity contribution is 5.84. The van der Waals surface area contributed by atoms with Crippen LogP contribution in [0.15, 0.2) is 11.2 Å². The third-order valence-corrected chi connectivity index (χ3v) is 1.44. The van der Waals surface area contributed by atoms with Crippen LogP contribution in [0.2, 0.25) is 0 Å². The zero-order valence-corrected chi connectivity index (χ0v) is 6.34. The Morgan fingerprint density at radius 1 is 1.54 bits per heavy atom. The molecule has 0 aliphatic rings. The maximum atomic E-state index is 8.25. The van der Waals surface area contributed by atoms with Gasteiger partial charge in [0.25, 0.3) is 0 Å². The summed E-state index contributed by atoms with van der Waals surface area (Å²) in [4.78, 5) is 6.50. The van der Waals surface area contributed by atoms with Gasteiger partial charge in [0.05, 0.1) is 5.69 Å². The van der Waals surface area contributed by atoms with Gasteiger partial charge in [-0.2, -0.15) is 10.3 Å². The fourth-order valence-electron chi connectivity index (χ4n) is 0.962. The molecule has 0 saturated carbocycles. The second-order valence-electron chi connectivity index (χ2n) is 2.25. The number of anilines is 1. The monoisotopic (exact) mass is 176 g/mol. The first-order valence-electron chi connectivity index (χ1n) is 3.33. The van der Waals surface area contributed by atoms with E-state index >= 15 is 0 Å². The molecule has 3 N–H and O–H groups in total. The van der Waals surface area contributed by atoms with Crippen molar-refractivity contribution in [2.45, 2.75) is 0 Å². The summed E-state index contributed by atoms with van der Waals surface area (Å²) in [5.74, 6) is 0.240. The molecular weight excluding hydrogens is 172 g/mol. The van der Waals surface area contributed by atoms with E-state index in [4.69, 9.17) is 11.3 Å². The number of fused-ring (bicyclic) bond motifs is 1. The Morgan fingerprint density at radius 3 is 3.15 bits per heavy atom. The molecule has 0 aromatic carbocycles. The van der Waals surface area contributed by atoms with Crippen molar-refractivity contribution in [2.24, 2.45) is 5.11 Å². The molecule has 0 amide bonds. The van der Waals surface area contributed by atoms with Gasteiger partial charge in [-0.25, -0.2) is 4.98 Å². The van der Waals surface area contributed by atoms with Crippen LogP contribution in [0.5, 0.6) is 0 Å². The van der Waals surface area contributed by atoms with Crippen molar-refractivity contribution in [1.82, 2.24) is 20.4 Å². The summed E-state index contributed by atoms with van der Waals surface area (Å²) in [6.07, 6.45) is 0. The van der Waals surface area contributed by atoms with Gasteiger partial charge in [-0.1, -0.05) is 5.11 Å². The summed E-state index contributed by atoms with van der Waals surface area (Å²) >= 11 is 0. The van der Waals surface area contributed by atoms with Crippen molar-refractivity contribution >= 4 is 22.7 Å². The molecule has 2 aromatic rings. The van der Waals surface area contributed by atoms with Crippen LogP contribution < -0.4 is 5.73 Å². The van der Waals surface area contributed by atoms with Crippen molar-refractivity contribution in [3.8, 4) is 0 Å². The van der Waals surface area contributed by atoms with Crippen molar-refractivity contribution < 1.29 is 0 Å². The van der Waals surface area contributed by atoms with Gasteiger partial charge in [0.15, 0.2) is 0 Å². The summed E-state index contributed by atoms with van der Waals surface area (Å²) in [7, 11) is 0. The van der Waals surface area contributed by atoms with Crippen LogP contribution in [0.4, 0.5) is 11.5 Å². The van der Waals surface area contributed by atoms with Gasteiger partial charge in [-0.05, 0) is 11.6 Å². The van der Waals surface area contributed by atoms with Gasteiger partial charge in [0, 0.05) is 4.91 Å². The molecule has 2 heterocycles. The minimum atomic E-state index is 0.240. The van der Waals surface area contributed by atoms with E-state index in [1.165, 1.54) is 6.07 Å². The first kappa shape index (κ1) is 7.32. The normalized spacial score (nSPS) is 9.85. The molecule has 2 rings (SSSR count). The maximum Gasteiger partial charge on any atom is 0.203 e. The number of pyridine rings is 1. The molecule has 0 aliphatic heterocycles. The van der Waals surface area contributed by atoms with Crippen LogP contribution in [0.25, 0.3) is 21.6 Å². The van der Waals surface area contributed by atoms with E-state index in [-0.39, 0.29) is 5.82 Å². The lowest BCUT2D eigenvalue weighted by atomic mass is 10.3. The first-order valence-corrected chi connectivity index (χ1v) is 3.33. The Hall–Kier alpha value is -2.34. The smallest absolute Gasteiger partial charge is 0.203 e. The van der Waals surface area contributed by atoms with Gasteiger partial charge >= 0.3 is 0 Å². The topological polar surface area (TPSA) is 129 Å². The summed E-state index contributed by atoms with van der Waals surface area (Å²) < 4.78 is 0. The highest BCUT2D eigenvalue weighted by Crippen LogP contribution is 2.23. The molecule has 0 spiro atoms. The zero-order chi connectivity index (χ0) is 9.26. The van der Waals surface area contributed by atoms with E-state index in [1.54, 1.807) is 0 Å². The standard InChI is InChI=1S/C5H4N8/c6-3-1-2(9-12-7)4-5(8-3)11-13-10-4/h1H,(H3,6,8,10,11,13). The molecule has 8 nitrogen and oxygen atoms in total. The van der Waals surface area contributed by atoms with Crippen molar-refractivity contribution in [3.05, 3.63) is 16.5 Å². The van der Waals surface area contributed by atoms with E-state index in [0.717, 1.165) is 0 Å². The molecule has 0 atom stereocenters. The Kier molecular flexibility index (Phi) is 1.47. The second kappa shape index (κ2) is 2.61. The van der Waals surface area contributed by atoms with E-state index in [1.807, 2.05) is 0 Å². The van der Waals surface area contributed by atoms with Gasteiger partial charge < -0.3 is 5.73 Å². The lowest BCUT2D eigenvalue weighted by Gasteiger charge is -1.93. The van der Waals surface area contributed by atoms with Gasteiger partial charge in [-0.3, -0.25) is 0 Å². The average molecular weight is 176 g/mol. The largest absolute Gasteiger partial charge is 0.384 e. The lowest BCUT2D eigenvalue weighted by molar-refractivity contribution is 0.954. The van der Waals surface area contributed by atoms with Crippen LogP contribution in [0.3, 0.4) is 0 Å². The van der Waals surface area contributed by atoms with Gasteiger partial charge in [0.1, 0.15) is 11.3 Å². The Bertz CT molecular complexity index is 492. The number of aromatic nitrogens is 4. The van der Waals surface area contributed by atoms with Crippen LogP contribution in [0, 0.1) is 0 Å². The van der Waals surface area contributed by atoms with Crippen LogP contribution in [0.1, 0.15) is 0 Å². The zero-order valence-electron chi connectivity index (χ0n) is 6.34. The summed E-state index contributed by atoms with van der Waals surface area (Å²) in [5, 5.41) is 13.2. The number of rotatable bonds is 1. The number of hydrogen-bond acceptors (Lipinski definition) is 5. The molecule has 0 saturated heterocycles. The van der Waals surface area contributed by atoms with E-state index in [0.29, 0.717) is 16.9 Å². The van der Waals surface area contributed by atoms with Crippen LogP contribution in [-0.2, 0) is 0 Å². The predicted molar refractivity (Wildman–Crippen MR) is 44.9 cm³/mol. The van der Waals surface area contributed by atoms with Crippen molar-refractivity contribution in [2.75, 3.05) is 5.73 Å². The molecule has 13 heavy (non-hydrogen) atoms. The molecule has 8 heteroatoms.